The van der Waals surface area contributed by atoms with E-state index in [4.69, 9.17) is 11.6 Å². The lowest BCUT2D eigenvalue weighted by atomic mass is 9.82. The molecule has 164 valence electrons. The molecule has 0 N–H and O–H groups in total. The molecule has 2 atom stereocenters. The first-order valence-corrected chi connectivity index (χ1v) is 10.5. The van der Waals surface area contributed by atoms with Crippen molar-refractivity contribution < 1.29 is 19.3 Å². The third kappa shape index (κ3) is 3.89. The number of imide groups is 1. The van der Waals surface area contributed by atoms with Gasteiger partial charge in [-0.2, -0.15) is 5.01 Å². The van der Waals surface area contributed by atoms with Crippen LogP contribution in [-0.2, 0) is 16.1 Å². The van der Waals surface area contributed by atoms with Gasteiger partial charge in [0, 0.05) is 12.1 Å². The Hall–Kier alpha value is -3.52. The normalized spacial score (nSPS) is 20.1. The van der Waals surface area contributed by atoms with Crippen LogP contribution in [0.2, 0.25) is 5.02 Å². The summed E-state index contributed by atoms with van der Waals surface area (Å²) in [5, 5.41) is 13.2. The van der Waals surface area contributed by atoms with E-state index in [2.05, 4.69) is 0 Å². The number of carbonyl (C=O) groups excluding carboxylic acids is 3. The van der Waals surface area contributed by atoms with Crippen molar-refractivity contribution in [3.8, 4) is 0 Å². The van der Waals surface area contributed by atoms with Crippen LogP contribution in [0.15, 0.2) is 60.2 Å². The molecule has 4 rings (SSSR count). The Morgan fingerprint density at radius 3 is 2.44 bits per heavy atom. The summed E-state index contributed by atoms with van der Waals surface area (Å²) in [7, 11) is 0. The monoisotopic (exact) mass is 453 g/mol. The Morgan fingerprint density at radius 1 is 1.12 bits per heavy atom. The van der Waals surface area contributed by atoms with Gasteiger partial charge in [-0.25, -0.2) is 5.01 Å². The molecule has 0 aromatic heterocycles. The molecule has 8 nitrogen and oxygen atoms in total. The van der Waals surface area contributed by atoms with Crippen LogP contribution in [-0.4, -0.2) is 32.7 Å². The number of benzene rings is 2. The molecular formula is C23H20ClN3O5. The van der Waals surface area contributed by atoms with Gasteiger partial charge in [-0.15, -0.1) is 0 Å². The van der Waals surface area contributed by atoms with Crippen molar-refractivity contribution in [1.82, 2.24) is 10.0 Å². The number of non-ortho nitro benzene ring substituents is 1. The average molecular weight is 454 g/mol. The quantitative estimate of drug-likeness (QED) is 0.293. The summed E-state index contributed by atoms with van der Waals surface area (Å²) in [5.41, 5.74) is 1.62. The first-order valence-electron chi connectivity index (χ1n) is 10.1. The summed E-state index contributed by atoms with van der Waals surface area (Å²) >= 11 is 6.22. The van der Waals surface area contributed by atoms with E-state index in [0.717, 1.165) is 15.6 Å². The van der Waals surface area contributed by atoms with Gasteiger partial charge >= 0.3 is 0 Å². The van der Waals surface area contributed by atoms with Gasteiger partial charge in [0.1, 0.15) is 0 Å². The highest BCUT2D eigenvalue weighted by molar-refractivity contribution is 6.33. The van der Waals surface area contributed by atoms with Crippen molar-refractivity contribution in [1.29, 1.82) is 0 Å². The molecule has 2 aromatic rings. The second-order valence-electron chi connectivity index (χ2n) is 7.96. The summed E-state index contributed by atoms with van der Waals surface area (Å²) in [6.07, 6.45) is 2.87. The van der Waals surface area contributed by atoms with Crippen LogP contribution in [0.25, 0.3) is 0 Å². The number of nitro benzene ring substituents is 1. The van der Waals surface area contributed by atoms with Crippen LogP contribution in [0, 0.1) is 22.0 Å². The number of fused-ring (bicyclic) bond motifs is 1. The Balaban J connectivity index is 1.71. The van der Waals surface area contributed by atoms with Crippen molar-refractivity contribution in [2.75, 3.05) is 0 Å². The van der Waals surface area contributed by atoms with E-state index in [1.807, 2.05) is 13.0 Å². The van der Waals surface area contributed by atoms with Crippen LogP contribution in [0.1, 0.15) is 35.7 Å². The van der Waals surface area contributed by atoms with Crippen LogP contribution in [0.4, 0.5) is 5.69 Å². The number of amides is 3. The van der Waals surface area contributed by atoms with Crippen molar-refractivity contribution in [3.05, 3.63) is 86.4 Å². The van der Waals surface area contributed by atoms with Gasteiger partial charge in [-0.05, 0) is 37.5 Å². The average Bonchev–Trinajstić information content (AvgIpc) is 3.01. The highest BCUT2D eigenvalue weighted by Crippen LogP contribution is 2.39. The van der Waals surface area contributed by atoms with E-state index in [0.29, 0.717) is 18.4 Å². The minimum Gasteiger partial charge on any atom is -0.272 e. The van der Waals surface area contributed by atoms with E-state index in [9.17, 15) is 24.5 Å². The molecule has 0 bridgehead atoms. The highest BCUT2D eigenvalue weighted by atomic mass is 35.5. The number of nitrogens with zero attached hydrogens (tertiary/aromatic N) is 3. The molecule has 1 aliphatic heterocycles. The SMILES string of the molecule is CC1=CC[C@H]2C(=O)N(N(Cc3ccc([N+](=O)[O-])cc3)C(=O)c3ccccc3Cl)C(=O)[C@H]2C1. The van der Waals surface area contributed by atoms with Gasteiger partial charge in [0.25, 0.3) is 23.4 Å². The fourth-order valence-corrected chi connectivity index (χ4v) is 4.38. The highest BCUT2D eigenvalue weighted by Gasteiger charge is 2.51. The van der Waals surface area contributed by atoms with Gasteiger partial charge in [0.2, 0.25) is 0 Å². The summed E-state index contributed by atoms with van der Waals surface area (Å²) < 4.78 is 0. The standard InChI is InChI=1S/C23H20ClN3O5/c1-14-6-11-17-19(12-14)23(30)26(22(17)29)25(21(28)18-4-2-3-5-20(18)24)13-15-7-9-16(10-8-15)27(31)32/h2-10,17,19H,11-13H2,1H3/t17-,19+/m1/s1. The van der Waals surface area contributed by atoms with Crippen molar-refractivity contribution in [2.24, 2.45) is 11.8 Å². The number of nitro groups is 1. The van der Waals surface area contributed by atoms with Crippen LogP contribution >= 0.6 is 11.6 Å². The molecular weight excluding hydrogens is 434 g/mol. The maximum Gasteiger partial charge on any atom is 0.274 e. The fraction of sp³-hybridized carbons (Fsp3) is 0.261. The second-order valence-corrected chi connectivity index (χ2v) is 8.36. The van der Waals surface area contributed by atoms with E-state index < -0.39 is 34.5 Å². The second kappa shape index (κ2) is 8.55. The summed E-state index contributed by atoms with van der Waals surface area (Å²) in [6, 6.07) is 12.0. The molecule has 1 saturated heterocycles. The van der Waals surface area contributed by atoms with Gasteiger partial charge in [0.15, 0.2) is 0 Å². The predicted molar refractivity (Wildman–Crippen MR) is 116 cm³/mol. The van der Waals surface area contributed by atoms with Crippen LogP contribution < -0.4 is 0 Å². The maximum absolute atomic E-state index is 13.5. The zero-order chi connectivity index (χ0) is 23.0. The molecule has 0 spiro atoms. The van der Waals surface area contributed by atoms with Crippen LogP contribution in [0.3, 0.4) is 0 Å². The summed E-state index contributed by atoms with van der Waals surface area (Å²) in [6.45, 7) is 1.80. The number of halogens is 1. The molecule has 1 aliphatic carbocycles. The number of hydrogen-bond donors (Lipinski definition) is 0. The lowest BCUT2D eigenvalue weighted by Crippen LogP contribution is -2.49. The smallest absolute Gasteiger partial charge is 0.272 e. The largest absolute Gasteiger partial charge is 0.274 e. The number of hydrazine groups is 1. The third-order valence-electron chi connectivity index (χ3n) is 5.86. The molecule has 3 amide bonds. The minimum absolute atomic E-state index is 0.0985. The molecule has 0 saturated carbocycles. The van der Waals surface area contributed by atoms with E-state index in [1.165, 1.54) is 30.3 Å². The maximum atomic E-state index is 13.5. The van der Waals surface area contributed by atoms with Gasteiger partial charge in [-0.1, -0.05) is 47.5 Å². The third-order valence-corrected chi connectivity index (χ3v) is 6.19. The van der Waals surface area contributed by atoms with E-state index >= 15 is 0 Å². The topological polar surface area (TPSA) is 101 Å². The van der Waals surface area contributed by atoms with Gasteiger partial charge < -0.3 is 0 Å². The Kier molecular flexibility index (Phi) is 5.80. The van der Waals surface area contributed by atoms with E-state index in [1.54, 1.807) is 18.2 Å². The lowest BCUT2D eigenvalue weighted by Gasteiger charge is -2.31. The van der Waals surface area contributed by atoms with E-state index in [-0.39, 0.29) is 22.8 Å². The van der Waals surface area contributed by atoms with Crippen LogP contribution in [0.5, 0.6) is 0 Å². The molecule has 32 heavy (non-hydrogen) atoms. The first kappa shape index (κ1) is 21.7. The first-order chi connectivity index (χ1) is 15.3. The van der Waals surface area contributed by atoms with Crippen molar-refractivity contribution >= 4 is 35.0 Å². The molecule has 1 heterocycles. The Morgan fingerprint density at radius 2 is 1.78 bits per heavy atom. The van der Waals surface area contributed by atoms with Crippen molar-refractivity contribution in [3.63, 3.8) is 0 Å². The molecule has 2 aromatic carbocycles. The number of carbonyl (C=O) groups is 3. The molecule has 2 aliphatic rings. The number of allylic oxidation sites excluding steroid dienone is 2. The predicted octanol–water partition coefficient (Wildman–Crippen LogP) is 4.15. The molecule has 0 radical (unpaired) electrons. The molecule has 0 unspecified atom stereocenters. The lowest BCUT2D eigenvalue weighted by molar-refractivity contribution is -0.384. The van der Waals surface area contributed by atoms with Crippen molar-refractivity contribution in [2.45, 2.75) is 26.3 Å². The van der Waals surface area contributed by atoms with Gasteiger partial charge in [0.05, 0.1) is 33.9 Å². The number of hydrogen-bond acceptors (Lipinski definition) is 5. The summed E-state index contributed by atoms with van der Waals surface area (Å²) in [5.74, 6) is -2.46. The molecule has 9 heteroatoms. The Labute approximate surface area is 189 Å². The zero-order valence-corrected chi connectivity index (χ0v) is 18.0. The fourth-order valence-electron chi connectivity index (χ4n) is 4.16. The summed E-state index contributed by atoms with van der Waals surface area (Å²) in [4.78, 5) is 50.4. The number of rotatable bonds is 5. The molecule has 1 fully saturated rings. The van der Waals surface area contributed by atoms with Gasteiger partial charge in [-0.3, -0.25) is 24.5 Å². The zero-order valence-electron chi connectivity index (χ0n) is 17.2. The minimum atomic E-state index is -0.598. The Bertz CT molecular complexity index is 1140.